The summed E-state index contributed by atoms with van der Waals surface area (Å²) in [5.74, 6) is -0.155. The standard InChI is InChI=1S/C12H27N3O3/c1-5-18-10(7-13)6-11(16)14-8-12(2,17)9-15(3)4/h10,17H,5-9,13H2,1-4H3,(H,14,16). The van der Waals surface area contributed by atoms with Crippen LogP contribution in [-0.4, -0.2) is 68.0 Å². The number of hydrogen-bond donors (Lipinski definition) is 3. The van der Waals surface area contributed by atoms with Crippen LogP contribution in [0.3, 0.4) is 0 Å². The zero-order valence-corrected chi connectivity index (χ0v) is 11.9. The van der Waals surface area contributed by atoms with Crippen LogP contribution in [0.25, 0.3) is 0 Å². The minimum absolute atomic E-state index is 0.155. The predicted molar refractivity (Wildman–Crippen MR) is 71.3 cm³/mol. The average Bonchev–Trinajstić information content (AvgIpc) is 2.24. The zero-order chi connectivity index (χ0) is 14.2. The van der Waals surface area contributed by atoms with Gasteiger partial charge in [-0.25, -0.2) is 0 Å². The summed E-state index contributed by atoms with van der Waals surface area (Å²) in [5.41, 5.74) is 4.55. The molecule has 2 atom stereocenters. The molecule has 0 rings (SSSR count). The van der Waals surface area contributed by atoms with E-state index in [9.17, 15) is 9.90 Å². The minimum atomic E-state index is -0.941. The number of carbonyl (C=O) groups is 1. The van der Waals surface area contributed by atoms with Gasteiger partial charge in [-0.15, -0.1) is 0 Å². The lowest BCUT2D eigenvalue weighted by Crippen LogP contribution is -2.47. The number of nitrogens with one attached hydrogen (secondary N) is 1. The largest absolute Gasteiger partial charge is 0.387 e. The predicted octanol–water partition coefficient (Wildman–Crippen LogP) is -0.831. The smallest absolute Gasteiger partial charge is 0.222 e. The summed E-state index contributed by atoms with van der Waals surface area (Å²) in [4.78, 5) is 13.5. The topological polar surface area (TPSA) is 87.8 Å². The van der Waals surface area contributed by atoms with Crippen LogP contribution in [0.4, 0.5) is 0 Å². The van der Waals surface area contributed by atoms with E-state index in [1.165, 1.54) is 0 Å². The molecule has 0 bridgehead atoms. The summed E-state index contributed by atoms with van der Waals surface area (Å²) in [6.45, 7) is 5.11. The monoisotopic (exact) mass is 261 g/mol. The van der Waals surface area contributed by atoms with Gasteiger partial charge in [0.05, 0.1) is 18.1 Å². The number of hydrogen-bond acceptors (Lipinski definition) is 5. The number of amides is 1. The number of nitrogens with zero attached hydrogens (tertiary/aromatic N) is 1. The van der Waals surface area contributed by atoms with Gasteiger partial charge in [0.1, 0.15) is 0 Å². The van der Waals surface area contributed by atoms with Crippen molar-refractivity contribution < 1.29 is 14.6 Å². The molecule has 0 fully saturated rings. The molecule has 4 N–H and O–H groups in total. The van der Waals surface area contributed by atoms with E-state index in [1.807, 2.05) is 25.9 Å². The van der Waals surface area contributed by atoms with Crippen molar-refractivity contribution in [3.05, 3.63) is 0 Å². The molecule has 6 heteroatoms. The van der Waals surface area contributed by atoms with Crippen LogP contribution in [0.1, 0.15) is 20.3 Å². The maximum Gasteiger partial charge on any atom is 0.222 e. The third-order valence-electron chi connectivity index (χ3n) is 2.40. The second-order valence-electron chi connectivity index (χ2n) is 5.03. The third-order valence-corrected chi connectivity index (χ3v) is 2.40. The minimum Gasteiger partial charge on any atom is -0.387 e. The van der Waals surface area contributed by atoms with Crippen LogP contribution < -0.4 is 11.1 Å². The maximum atomic E-state index is 11.6. The van der Waals surface area contributed by atoms with Gasteiger partial charge in [-0.2, -0.15) is 0 Å². The van der Waals surface area contributed by atoms with Crippen molar-refractivity contribution in [3.8, 4) is 0 Å². The normalized spacial score (nSPS) is 16.4. The molecule has 0 saturated carbocycles. The Morgan fingerprint density at radius 2 is 2.17 bits per heavy atom. The van der Waals surface area contributed by atoms with Crippen LogP contribution in [0.2, 0.25) is 0 Å². The highest BCUT2D eigenvalue weighted by atomic mass is 16.5. The van der Waals surface area contributed by atoms with Gasteiger partial charge in [0, 0.05) is 26.2 Å². The Kier molecular flexibility index (Phi) is 8.10. The van der Waals surface area contributed by atoms with Crippen molar-refractivity contribution in [2.45, 2.75) is 32.0 Å². The summed E-state index contributed by atoms with van der Waals surface area (Å²) >= 11 is 0. The highest BCUT2D eigenvalue weighted by Gasteiger charge is 2.22. The second-order valence-corrected chi connectivity index (χ2v) is 5.03. The van der Waals surface area contributed by atoms with E-state index in [0.717, 1.165) is 0 Å². The highest BCUT2D eigenvalue weighted by Crippen LogP contribution is 2.03. The van der Waals surface area contributed by atoms with Crippen molar-refractivity contribution in [3.63, 3.8) is 0 Å². The molecule has 2 unspecified atom stereocenters. The van der Waals surface area contributed by atoms with Gasteiger partial charge in [-0.05, 0) is 27.9 Å². The van der Waals surface area contributed by atoms with Crippen molar-refractivity contribution >= 4 is 5.91 Å². The van der Waals surface area contributed by atoms with Gasteiger partial charge in [0.15, 0.2) is 0 Å². The van der Waals surface area contributed by atoms with E-state index in [4.69, 9.17) is 10.5 Å². The molecule has 0 aromatic heterocycles. The van der Waals surface area contributed by atoms with Gasteiger partial charge in [0.25, 0.3) is 0 Å². The van der Waals surface area contributed by atoms with E-state index in [1.54, 1.807) is 6.92 Å². The highest BCUT2D eigenvalue weighted by molar-refractivity contribution is 5.76. The van der Waals surface area contributed by atoms with Crippen molar-refractivity contribution in [2.24, 2.45) is 5.73 Å². The van der Waals surface area contributed by atoms with Crippen LogP contribution in [-0.2, 0) is 9.53 Å². The molecule has 108 valence electrons. The first-order valence-corrected chi connectivity index (χ1v) is 6.26. The molecule has 0 heterocycles. The summed E-state index contributed by atoms with van der Waals surface area (Å²) in [6.07, 6.45) is -0.0312. The first-order chi connectivity index (χ1) is 8.30. The Hall–Kier alpha value is -0.690. The molecule has 0 aliphatic carbocycles. The summed E-state index contributed by atoms with van der Waals surface area (Å²) in [6, 6.07) is 0. The van der Waals surface area contributed by atoms with E-state index in [-0.39, 0.29) is 25.0 Å². The van der Waals surface area contributed by atoms with Gasteiger partial charge >= 0.3 is 0 Å². The van der Waals surface area contributed by atoms with Crippen LogP contribution in [0.15, 0.2) is 0 Å². The zero-order valence-electron chi connectivity index (χ0n) is 11.9. The van der Waals surface area contributed by atoms with E-state index < -0.39 is 5.60 Å². The molecule has 0 aromatic rings. The number of likely N-dealkylation sites (N-methyl/N-ethyl adjacent to an activating group) is 1. The quantitative estimate of drug-likeness (QED) is 0.504. The summed E-state index contributed by atoms with van der Waals surface area (Å²) in [5, 5.41) is 12.7. The SMILES string of the molecule is CCOC(CN)CC(=O)NCC(C)(O)CN(C)C. The van der Waals surface area contributed by atoms with Crippen LogP contribution in [0.5, 0.6) is 0 Å². The van der Waals surface area contributed by atoms with Gasteiger partial charge in [0.2, 0.25) is 5.91 Å². The van der Waals surface area contributed by atoms with Gasteiger partial charge < -0.3 is 25.8 Å². The Morgan fingerprint density at radius 3 is 2.61 bits per heavy atom. The average molecular weight is 261 g/mol. The summed E-state index contributed by atoms with van der Waals surface area (Å²) < 4.78 is 5.30. The fraction of sp³-hybridized carbons (Fsp3) is 0.917. The Balaban J connectivity index is 4.01. The molecule has 0 radical (unpaired) electrons. The van der Waals surface area contributed by atoms with Gasteiger partial charge in [-0.3, -0.25) is 4.79 Å². The fourth-order valence-corrected chi connectivity index (χ4v) is 1.75. The Labute approximate surface area is 109 Å². The fourth-order valence-electron chi connectivity index (χ4n) is 1.75. The Bertz CT molecular complexity index is 245. The lowest BCUT2D eigenvalue weighted by Gasteiger charge is -2.27. The van der Waals surface area contributed by atoms with Crippen LogP contribution in [0, 0.1) is 0 Å². The number of nitrogens with two attached hydrogens (primary N) is 1. The van der Waals surface area contributed by atoms with Crippen LogP contribution >= 0.6 is 0 Å². The first kappa shape index (κ1) is 17.3. The number of ether oxygens (including phenoxy) is 1. The molecule has 0 aromatic carbocycles. The molecular formula is C12H27N3O3. The molecule has 1 amide bonds. The molecule has 0 saturated heterocycles. The van der Waals surface area contributed by atoms with Crippen molar-refractivity contribution in [1.82, 2.24) is 10.2 Å². The lowest BCUT2D eigenvalue weighted by molar-refractivity contribution is -0.125. The number of carbonyl (C=O) groups excluding carboxylic acids is 1. The molecule has 0 aliphatic rings. The number of rotatable bonds is 9. The Morgan fingerprint density at radius 1 is 1.56 bits per heavy atom. The van der Waals surface area contributed by atoms with Gasteiger partial charge in [-0.1, -0.05) is 0 Å². The van der Waals surface area contributed by atoms with E-state index >= 15 is 0 Å². The lowest BCUT2D eigenvalue weighted by atomic mass is 10.1. The van der Waals surface area contributed by atoms with Crippen molar-refractivity contribution in [1.29, 1.82) is 0 Å². The van der Waals surface area contributed by atoms with E-state index in [2.05, 4.69) is 5.32 Å². The maximum absolute atomic E-state index is 11.6. The first-order valence-electron chi connectivity index (χ1n) is 6.26. The summed E-state index contributed by atoms with van der Waals surface area (Å²) in [7, 11) is 3.74. The molecule has 18 heavy (non-hydrogen) atoms. The third kappa shape index (κ3) is 8.41. The van der Waals surface area contributed by atoms with Crippen molar-refractivity contribution in [2.75, 3.05) is 40.3 Å². The second kappa shape index (κ2) is 8.42. The van der Waals surface area contributed by atoms with E-state index in [0.29, 0.717) is 19.7 Å². The molecule has 6 nitrogen and oxygen atoms in total. The number of aliphatic hydroxyl groups is 1. The molecule has 0 spiro atoms. The molecule has 0 aliphatic heterocycles. The molecular weight excluding hydrogens is 234 g/mol.